The lowest BCUT2D eigenvalue weighted by atomic mass is 10.0. The summed E-state index contributed by atoms with van der Waals surface area (Å²) in [4.78, 5) is 48.6. The third-order valence-electron chi connectivity index (χ3n) is 7.41. The monoisotopic (exact) mass is 676 g/mol. The van der Waals surface area contributed by atoms with Gasteiger partial charge in [-0.25, -0.2) is 14.6 Å². The zero-order valence-electron chi connectivity index (χ0n) is 25.1. The van der Waals surface area contributed by atoms with Gasteiger partial charge in [0.1, 0.15) is 5.02 Å². The van der Waals surface area contributed by atoms with E-state index in [1.54, 1.807) is 35.4 Å². The van der Waals surface area contributed by atoms with E-state index in [0.29, 0.717) is 59.7 Å². The molecule has 0 spiro atoms. The number of halogens is 4. The number of hydrogen-bond acceptors (Lipinski definition) is 7. The van der Waals surface area contributed by atoms with E-state index in [4.69, 9.17) is 23.0 Å². The number of benzene rings is 3. The van der Waals surface area contributed by atoms with E-state index >= 15 is 0 Å². The molecule has 0 radical (unpaired) electrons. The average Bonchev–Trinajstić information content (AvgIpc) is 3.54. The van der Waals surface area contributed by atoms with Crippen molar-refractivity contribution in [2.45, 2.75) is 31.5 Å². The maximum Gasteiger partial charge on any atom is 0.446 e. The van der Waals surface area contributed by atoms with Crippen LogP contribution in [0.3, 0.4) is 0 Å². The average molecular weight is 677 g/mol. The van der Waals surface area contributed by atoms with Gasteiger partial charge in [-0.15, -0.1) is 0 Å². The zero-order chi connectivity index (χ0) is 34.3. The molecule has 11 nitrogen and oxygen atoms in total. The third kappa shape index (κ3) is 8.98. The minimum Gasteiger partial charge on any atom is -0.339 e. The number of aromatic nitrogens is 2. The van der Waals surface area contributed by atoms with Gasteiger partial charge < -0.3 is 26.2 Å². The van der Waals surface area contributed by atoms with Gasteiger partial charge in [0.05, 0.1) is 12.8 Å². The number of likely N-dealkylation sites (tertiary alicyclic amines) is 1. The Morgan fingerprint density at radius 1 is 1.04 bits per heavy atom. The van der Waals surface area contributed by atoms with Crippen LogP contribution in [0, 0.1) is 6.57 Å². The van der Waals surface area contributed by atoms with Crippen LogP contribution in [0.4, 0.5) is 52.5 Å². The van der Waals surface area contributed by atoms with Crippen LogP contribution < -0.4 is 21.3 Å². The first-order valence-electron chi connectivity index (χ1n) is 14.7. The molecule has 3 heterocycles. The molecule has 4 aromatic rings. The quantitative estimate of drug-likeness (QED) is 0.135. The van der Waals surface area contributed by atoms with Gasteiger partial charge in [-0.05, 0) is 60.7 Å². The number of urea groups is 1. The minimum atomic E-state index is -4.64. The lowest BCUT2D eigenvalue weighted by molar-refractivity contribution is -0.156. The standard InChI is InChI=1S/C31H27ClN8O2.C2HF3O/c1-33-22-9-7-20(8-10-22)29(41)40-14-13-25(18-40)37-31(42)38-27-12-11-24-16-21(27)6-5-19-3-2-4-23(15-19)36-30-34-17-26(32)28(35-24)39-30;3-2(4,5)1-6/h2-4,7-12,15-17,25H,5-6,13-14,18H2,(H2,37,38,42)(H2,34,35,36,39);1H/t25-;/m0./s1. The number of alkyl halides is 3. The van der Waals surface area contributed by atoms with Crippen molar-refractivity contribution in [3.8, 4) is 0 Å². The summed E-state index contributed by atoms with van der Waals surface area (Å²) < 4.78 is 31.2. The molecule has 0 unspecified atom stereocenters. The highest BCUT2D eigenvalue weighted by molar-refractivity contribution is 6.32. The van der Waals surface area contributed by atoms with Crippen molar-refractivity contribution in [1.82, 2.24) is 20.2 Å². The molecule has 4 N–H and O–H groups in total. The number of aryl methyl sites for hydroxylation is 2. The predicted molar refractivity (Wildman–Crippen MR) is 175 cm³/mol. The van der Waals surface area contributed by atoms with Crippen molar-refractivity contribution in [1.29, 1.82) is 0 Å². The van der Waals surface area contributed by atoms with Gasteiger partial charge >= 0.3 is 12.2 Å². The van der Waals surface area contributed by atoms with Gasteiger partial charge in [-0.2, -0.15) is 18.2 Å². The second-order valence-corrected chi connectivity index (χ2v) is 11.3. The van der Waals surface area contributed by atoms with E-state index < -0.39 is 12.5 Å². The Morgan fingerprint density at radius 3 is 2.52 bits per heavy atom. The second-order valence-electron chi connectivity index (χ2n) is 10.9. The highest BCUT2D eigenvalue weighted by Gasteiger charge is 2.28. The van der Waals surface area contributed by atoms with Gasteiger partial charge in [-0.3, -0.25) is 9.59 Å². The summed E-state index contributed by atoms with van der Waals surface area (Å²) in [5.41, 5.74) is 5.44. The Morgan fingerprint density at radius 2 is 1.79 bits per heavy atom. The fourth-order valence-corrected chi connectivity index (χ4v) is 5.27. The topological polar surface area (TPSA) is 133 Å². The fourth-order valence-electron chi connectivity index (χ4n) is 5.13. The van der Waals surface area contributed by atoms with Crippen LogP contribution in [0.2, 0.25) is 5.02 Å². The number of aldehydes is 1. The molecule has 0 saturated carbocycles. The van der Waals surface area contributed by atoms with Crippen molar-refractivity contribution < 1.29 is 27.6 Å². The summed E-state index contributed by atoms with van der Waals surface area (Å²) in [5, 5.41) is 12.9. The number of hydrogen-bond donors (Lipinski definition) is 4. The SMILES string of the molecule is O=CC(F)(F)F.[C-]#[N+]c1ccc(C(=O)N2CC[C@H](NC(=O)Nc3ccc4cc3CCc3cccc(c3)Nc3ncc(Cl)c(n3)N4)C2)cc1. The maximum atomic E-state index is 13.1. The number of carbonyl (C=O) groups excluding carboxylic acids is 3. The van der Waals surface area contributed by atoms with Crippen molar-refractivity contribution in [3.05, 3.63) is 106 Å². The van der Waals surface area contributed by atoms with Crippen LogP contribution in [0.1, 0.15) is 27.9 Å². The first kappa shape index (κ1) is 33.7. The molecule has 1 fully saturated rings. The molecule has 2 aliphatic heterocycles. The fraction of sp³-hybridized carbons (Fsp3) is 0.212. The van der Waals surface area contributed by atoms with E-state index in [1.807, 2.05) is 30.3 Å². The molecule has 0 aliphatic carbocycles. The summed E-state index contributed by atoms with van der Waals surface area (Å²) in [6, 6.07) is 19.9. The highest BCUT2D eigenvalue weighted by Crippen LogP contribution is 2.29. The predicted octanol–water partition coefficient (Wildman–Crippen LogP) is 7.05. The Balaban J connectivity index is 0.000000689. The van der Waals surface area contributed by atoms with Crippen LogP contribution in [-0.2, 0) is 17.6 Å². The number of anilines is 5. The van der Waals surface area contributed by atoms with Crippen molar-refractivity contribution in [2.24, 2.45) is 0 Å². The van der Waals surface area contributed by atoms with Gasteiger partial charge in [0.2, 0.25) is 12.2 Å². The number of carbonyl (C=O) groups is 3. The van der Waals surface area contributed by atoms with Gasteiger partial charge in [0, 0.05) is 41.8 Å². The Labute approximate surface area is 278 Å². The van der Waals surface area contributed by atoms with E-state index in [1.165, 1.54) is 0 Å². The summed E-state index contributed by atoms with van der Waals surface area (Å²) >= 11 is 6.38. The Bertz CT molecular complexity index is 1860. The van der Waals surface area contributed by atoms with E-state index in [-0.39, 0.29) is 18.0 Å². The molecule has 6 bridgehead atoms. The van der Waals surface area contributed by atoms with Crippen molar-refractivity contribution in [2.75, 3.05) is 29.0 Å². The largest absolute Gasteiger partial charge is 0.446 e. The first-order chi connectivity index (χ1) is 23.0. The third-order valence-corrected chi connectivity index (χ3v) is 7.69. The Kier molecular flexibility index (Phi) is 10.4. The summed E-state index contributed by atoms with van der Waals surface area (Å²) in [5.74, 6) is 0.788. The number of fused-ring (bicyclic) bond motifs is 6. The van der Waals surface area contributed by atoms with Crippen LogP contribution in [-0.4, -0.2) is 58.4 Å². The molecule has 48 heavy (non-hydrogen) atoms. The molecule has 2 aliphatic rings. The first-order valence-corrected chi connectivity index (χ1v) is 15.0. The molecule has 1 aromatic heterocycles. The molecule has 3 aromatic carbocycles. The van der Waals surface area contributed by atoms with Gasteiger partial charge in [0.15, 0.2) is 11.5 Å². The number of amides is 3. The van der Waals surface area contributed by atoms with Gasteiger partial charge in [0.25, 0.3) is 5.91 Å². The van der Waals surface area contributed by atoms with Crippen LogP contribution in [0.5, 0.6) is 0 Å². The van der Waals surface area contributed by atoms with E-state index in [0.717, 1.165) is 28.9 Å². The Hall–Kier alpha value is -5.68. The zero-order valence-corrected chi connectivity index (χ0v) is 25.9. The molecule has 1 atom stereocenters. The maximum absolute atomic E-state index is 13.1. The lowest BCUT2D eigenvalue weighted by Gasteiger charge is -2.18. The van der Waals surface area contributed by atoms with E-state index in [9.17, 15) is 22.8 Å². The number of nitrogens with zero attached hydrogens (tertiary/aromatic N) is 4. The molecular formula is C33H28ClF3N8O3. The van der Waals surface area contributed by atoms with Crippen molar-refractivity contribution >= 4 is 64.3 Å². The van der Waals surface area contributed by atoms with Gasteiger partial charge in [-0.1, -0.05) is 48.0 Å². The molecule has 15 heteroatoms. The molecular weight excluding hydrogens is 649 g/mol. The minimum absolute atomic E-state index is 0.110. The second kappa shape index (κ2) is 14.8. The molecule has 3 amide bonds. The summed E-state index contributed by atoms with van der Waals surface area (Å²) in [7, 11) is 0. The molecule has 6 rings (SSSR count). The van der Waals surface area contributed by atoms with E-state index in [2.05, 4.69) is 48.2 Å². The van der Waals surface area contributed by atoms with Crippen LogP contribution in [0.25, 0.3) is 4.85 Å². The lowest BCUT2D eigenvalue weighted by Crippen LogP contribution is -2.40. The number of nitrogens with one attached hydrogen (secondary N) is 4. The summed E-state index contributed by atoms with van der Waals surface area (Å²) in [6.07, 6.45) is -2.06. The number of rotatable bonds is 3. The molecule has 1 saturated heterocycles. The normalized spacial score (nSPS) is 15.0. The summed E-state index contributed by atoms with van der Waals surface area (Å²) in [6.45, 7) is 8.04. The smallest absolute Gasteiger partial charge is 0.339 e. The van der Waals surface area contributed by atoms with Crippen LogP contribution >= 0.6 is 11.6 Å². The van der Waals surface area contributed by atoms with Crippen LogP contribution in [0.15, 0.2) is 72.9 Å². The molecule has 246 valence electrons. The highest BCUT2D eigenvalue weighted by atomic mass is 35.5. The van der Waals surface area contributed by atoms with Crippen molar-refractivity contribution in [3.63, 3.8) is 0 Å².